The Morgan fingerprint density at radius 2 is 1.74 bits per heavy atom. The second kappa shape index (κ2) is 4.43. The van der Waals surface area contributed by atoms with Gasteiger partial charge >= 0.3 is 0 Å². The molecule has 2 aromatic carbocycles. The molecule has 0 unspecified atom stereocenters. The molecular formula is C16H10N2O. The fraction of sp³-hybridized carbons (Fsp3) is 0. The van der Waals surface area contributed by atoms with Crippen molar-refractivity contribution in [3.8, 4) is 17.2 Å². The molecule has 0 amide bonds. The maximum atomic E-state index is 12.1. The molecule has 0 bridgehead atoms. The van der Waals surface area contributed by atoms with Gasteiger partial charge in [-0.3, -0.25) is 0 Å². The van der Waals surface area contributed by atoms with Gasteiger partial charge in [-0.2, -0.15) is 9.99 Å². The molecule has 90 valence electrons. The summed E-state index contributed by atoms with van der Waals surface area (Å²) in [6, 6.07) is 19.0. The summed E-state index contributed by atoms with van der Waals surface area (Å²) in [7, 11) is 0. The summed E-state index contributed by atoms with van der Waals surface area (Å²) in [6.45, 7) is 0. The molecule has 3 nitrogen and oxygen atoms in total. The van der Waals surface area contributed by atoms with Gasteiger partial charge in [0.1, 0.15) is 11.6 Å². The average Bonchev–Trinajstić information content (AvgIpc) is 2.47. The predicted octanol–water partition coefficient (Wildman–Crippen LogP) is 3.01. The normalized spacial score (nSPS) is 10.3. The van der Waals surface area contributed by atoms with Gasteiger partial charge in [0.25, 0.3) is 0 Å². The lowest BCUT2D eigenvalue weighted by atomic mass is 10.0. The number of benzene rings is 2. The lowest BCUT2D eigenvalue weighted by molar-refractivity contribution is -0.576. The van der Waals surface area contributed by atoms with Crippen LogP contribution in [0.5, 0.6) is 0 Å². The van der Waals surface area contributed by atoms with Crippen LogP contribution in [-0.2, 0) is 0 Å². The van der Waals surface area contributed by atoms with E-state index in [-0.39, 0.29) is 0 Å². The summed E-state index contributed by atoms with van der Waals surface area (Å²) in [6.07, 6.45) is 1.51. The number of hydrogen-bond acceptors (Lipinski definition) is 2. The number of nitrogens with zero attached hydrogens (tertiary/aromatic N) is 2. The molecule has 0 N–H and O–H groups in total. The molecule has 0 radical (unpaired) electrons. The van der Waals surface area contributed by atoms with E-state index in [0.717, 1.165) is 21.2 Å². The van der Waals surface area contributed by atoms with Crippen molar-refractivity contribution in [3.05, 3.63) is 71.6 Å². The maximum Gasteiger partial charge on any atom is 0.241 e. The van der Waals surface area contributed by atoms with Crippen LogP contribution in [0.3, 0.4) is 0 Å². The third kappa shape index (κ3) is 1.90. The molecule has 0 aliphatic heterocycles. The van der Waals surface area contributed by atoms with Gasteiger partial charge in [-0.15, -0.1) is 0 Å². The summed E-state index contributed by atoms with van der Waals surface area (Å²) in [5, 5.41) is 21.9. The van der Waals surface area contributed by atoms with E-state index in [0.29, 0.717) is 11.1 Å². The molecule has 3 aromatic rings. The predicted molar refractivity (Wildman–Crippen MR) is 73.1 cm³/mol. The molecule has 0 aliphatic rings. The monoisotopic (exact) mass is 246 g/mol. The van der Waals surface area contributed by atoms with Gasteiger partial charge in [0.2, 0.25) is 5.52 Å². The van der Waals surface area contributed by atoms with E-state index >= 15 is 0 Å². The van der Waals surface area contributed by atoms with Crippen LogP contribution in [0.25, 0.3) is 22.0 Å². The summed E-state index contributed by atoms with van der Waals surface area (Å²) in [5.74, 6) is 0. The van der Waals surface area contributed by atoms with Gasteiger partial charge in [0.05, 0.1) is 0 Å². The van der Waals surface area contributed by atoms with E-state index in [4.69, 9.17) is 5.26 Å². The van der Waals surface area contributed by atoms with Crippen LogP contribution in [0.2, 0.25) is 0 Å². The molecule has 0 fully saturated rings. The number of fused-ring (bicyclic) bond motifs is 1. The third-order valence-electron chi connectivity index (χ3n) is 3.08. The Hall–Kier alpha value is -2.86. The molecule has 1 aromatic heterocycles. The summed E-state index contributed by atoms with van der Waals surface area (Å²) < 4.78 is 0.774. The fourth-order valence-corrected chi connectivity index (χ4v) is 2.20. The van der Waals surface area contributed by atoms with Crippen molar-refractivity contribution >= 4 is 10.9 Å². The summed E-state index contributed by atoms with van der Waals surface area (Å²) in [4.78, 5) is 0. The van der Waals surface area contributed by atoms with Crippen molar-refractivity contribution in [2.75, 3.05) is 0 Å². The zero-order valence-electron chi connectivity index (χ0n) is 10.1. The average molecular weight is 246 g/mol. The molecule has 0 aliphatic carbocycles. The lowest BCUT2D eigenvalue weighted by Gasteiger charge is -2.06. The highest BCUT2D eigenvalue weighted by Crippen LogP contribution is 2.22. The highest BCUT2D eigenvalue weighted by Gasteiger charge is 2.12. The standard InChI is InChI=1S/C16H10N2O/c17-10-14-8-4-7-13-9-15(11-18(19)16(13)14)12-5-2-1-3-6-12/h1-9,11H. The van der Waals surface area contributed by atoms with Crippen LogP contribution in [0.4, 0.5) is 0 Å². The van der Waals surface area contributed by atoms with Crippen LogP contribution in [0.1, 0.15) is 5.56 Å². The van der Waals surface area contributed by atoms with E-state index < -0.39 is 0 Å². The van der Waals surface area contributed by atoms with Crippen LogP contribution in [0, 0.1) is 16.5 Å². The van der Waals surface area contributed by atoms with E-state index in [1.165, 1.54) is 6.20 Å². The van der Waals surface area contributed by atoms with Crippen molar-refractivity contribution in [2.45, 2.75) is 0 Å². The second-order valence-corrected chi connectivity index (χ2v) is 4.28. The fourth-order valence-electron chi connectivity index (χ4n) is 2.20. The van der Waals surface area contributed by atoms with Gasteiger partial charge in [-0.1, -0.05) is 36.4 Å². The van der Waals surface area contributed by atoms with Crippen molar-refractivity contribution in [2.24, 2.45) is 0 Å². The zero-order chi connectivity index (χ0) is 13.2. The maximum absolute atomic E-state index is 12.1. The Morgan fingerprint density at radius 3 is 2.47 bits per heavy atom. The van der Waals surface area contributed by atoms with Crippen LogP contribution < -0.4 is 4.73 Å². The smallest absolute Gasteiger partial charge is 0.241 e. The first-order chi connectivity index (χ1) is 9.29. The van der Waals surface area contributed by atoms with Gasteiger partial charge in [-0.05, 0) is 23.8 Å². The minimum atomic E-state index is 0.395. The largest absolute Gasteiger partial charge is 0.618 e. The van der Waals surface area contributed by atoms with E-state index in [9.17, 15) is 5.21 Å². The van der Waals surface area contributed by atoms with Crippen LogP contribution >= 0.6 is 0 Å². The molecule has 3 rings (SSSR count). The van der Waals surface area contributed by atoms with Crippen molar-refractivity contribution in [3.63, 3.8) is 0 Å². The van der Waals surface area contributed by atoms with Crippen LogP contribution in [0.15, 0.2) is 60.8 Å². The van der Waals surface area contributed by atoms with Crippen molar-refractivity contribution < 1.29 is 4.73 Å². The number of nitriles is 1. The molecule has 0 atom stereocenters. The molecule has 0 saturated heterocycles. The molecule has 3 heteroatoms. The number of pyridine rings is 1. The Morgan fingerprint density at radius 1 is 0.947 bits per heavy atom. The number of rotatable bonds is 1. The van der Waals surface area contributed by atoms with Crippen molar-refractivity contribution in [1.29, 1.82) is 5.26 Å². The molecule has 0 spiro atoms. The lowest BCUT2D eigenvalue weighted by Crippen LogP contribution is -2.27. The van der Waals surface area contributed by atoms with E-state index in [2.05, 4.69) is 0 Å². The van der Waals surface area contributed by atoms with Gasteiger partial charge in [-0.25, -0.2) is 0 Å². The van der Waals surface area contributed by atoms with Crippen LogP contribution in [-0.4, -0.2) is 0 Å². The quantitative estimate of drug-likeness (QED) is 0.489. The first-order valence-electron chi connectivity index (χ1n) is 5.91. The Kier molecular flexibility index (Phi) is 2.62. The highest BCUT2D eigenvalue weighted by atomic mass is 16.5. The number of hydrogen-bond donors (Lipinski definition) is 0. The molecule has 19 heavy (non-hydrogen) atoms. The minimum absolute atomic E-state index is 0.395. The molecule has 0 saturated carbocycles. The first kappa shape index (κ1) is 11.2. The SMILES string of the molecule is N#Cc1cccc2cc(-c3ccccc3)c[n+]([O-])c12. The van der Waals surface area contributed by atoms with Gasteiger partial charge in [0, 0.05) is 10.9 Å². The second-order valence-electron chi connectivity index (χ2n) is 4.28. The Balaban J connectivity index is 2.30. The third-order valence-corrected chi connectivity index (χ3v) is 3.08. The first-order valence-corrected chi connectivity index (χ1v) is 5.91. The minimum Gasteiger partial charge on any atom is -0.618 e. The number of aromatic nitrogens is 1. The Bertz CT molecular complexity index is 789. The van der Waals surface area contributed by atoms with Gasteiger partial charge < -0.3 is 5.21 Å². The van der Waals surface area contributed by atoms with E-state index in [1.54, 1.807) is 12.1 Å². The zero-order valence-corrected chi connectivity index (χ0v) is 10.1. The summed E-state index contributed by atoms with van der Waals surface area (Å²) in [5.41, 5.74) is 2.64. The topological polar surface area (TPSA) is 50.7 Å². The molecule has 1 heterocycles. The Labute approximate surface area is 110 Å². The van der Waals surface area contributed by atoms with Crippen molar-refractivity contribution in [1.82, 2.24) is 0 Å². The highest BCUT2D eigenvalue weighted by molar-refractivity contribution is 5.84. The molecular weight excluding hydrogens is 236 g/mol. The van der Waals surface area contributed by atoms with Gasteiger partial charge in [0.15, 0.2) is 6.20 Å². The van der Waals surface area contributed by atoms with E-state index in [1.807, 2.05) is 48.5 Å². The summed E-state index contributed by atoms with van der Waals surface area (Å²) >= 11 is 0. The number of para-hydroxylation sites is 1.